The van der Waals surface area contributed by atoms with Crippen LogP contribution in [0.25, 0.3) is 0 Å². The van der Waals surface area contributed by atoms with E-state index in [1.54, 1.807) is 20.8 Å². The highest BCUT2D eigenvalue weighted by atomic mass is 16.6. The van der Waals surface area contributed by atoms with Gasteiger partial charge in [-0.15, -0.1) is 0 Å². The van der Waals surface area contributed by atoms with Crippen molar-refractivity contribution in [2.45, 2.75) is 46.3 Å². The van der Waals surface area contributed by atoms with Crippen molar-refractivity contribution in [1.29, 1.82) is 0 Å². The Bertz CT molecular complexity index is 281. The molecule has 5 heteroatoms. The summed E-state index contributed by atoms with van der Waals surface area (Å²) in [6.45, 7) is 9.04. The zero-order valence-electron chi connectivity index (χ0n) is 11.7. The van der Waals surface area contributed by atoms with Crippen LogP contribution in [0.1, 0.15) is 34.6 Å². The lowest BCUT2D eigenvalue weighted by atomic mass is 10.0. The van der Waals surface area contributed by atoms with Crippen molar-refractivity contribution in [1.82, 2.24) is 4.90 Å². The summed E-state index contributed by atoms with van der Waals surface area (Å²) in [4.78, 5) is 24.7. The summed E-state index contributed by atoms with van der Waals surface area (Å²) in [5, 5.41) is 0. The molecule has 0 aromatic carbocycles. The largest absolute Gasteiger partial charge is 0.467 e. The number of amides is 1. The lowest BCUT2D eigenvalue weighted by Crippen LogP contribution is -2.48. The number of rotatable bonds is 3. The molecule has 0 aromatic heterocycles. The molecule has 1 amide bonds. The molecule has 1 unspecified atom stereocenters. The average molecular weight is 245 g/mol. The molecule has 0 aromatic rings. The minimum absolute atomic E-state index is 0.0417. The Hall–Kier alpha value is -1.26. The Morgan fingerprint density at radius 1 is 1.18 bits per heavy atom. The van der Waals surface area contributed by atoms with E-state index in [4.69, 9.17) is 4.74 Å². The second-order valence-corrected chi connectivity index (χ2v) is 5.30. The van der Waals surface area contributed by atoms with Gasteiger partial charge in [0.1, 0.15) is 11.6 Å². The number of methoxy groups -OCH3 is 1. The van der Waals surface area contributed by atoms with Crippen molar-refractivity contribution >= 4 is 12.1 Å². The van der Waals surface area contributed by atoms with Gasteiger partial charge in [0, 0.05) is 7.05 Å². The van der Waals surface area contributed by atoms with Gasteiger partial charge >= 0.3 is 12.1 Å². The smallest absolute Gasteiger partial charge is 0.410 e. The predicted molar refractivity (Wildman–Crippen MR) is 64.6 cm³/mol. The van der Waals surface area contributed by atoms with Gasteiger partial charge < -0.3 is 9.47 Å². The van der Waals surface area contributed by atoms with Gasteiger partial charge in [-0.2, -0.15) is 0 Å². The van der Waals surface area contributed by atoms with E-state index in [1.807, 2.05) is 13.8 Å². The zero-order valence-corrected chi connectivity index (χ0v) is 11.7. The highest BCUT2D eigenvalue weighted by molar-refractivity contribution is 5.81. The van der Waals surface area contributed by atoms with E-state index in [1.165, 1.54) is 19.1 Å². The molecule has 17 heavy (non-hydrogen) atoms. The zero-order chi connectivity index (χ0) is 13.8. The van der Waals surface area contributed by atoms with Gasteiger partial charge in [-0.05, 0) is 26.7 Å². The van der Waals surface area contributed by atoms with Gasteiger partial charge in [0.2, 0.25) is 0 Å². The minimum Gasteiger partial charge on any atom is -0.467 e. The number of carbonyl (C=O) groups excluding carboxylic acids is 2. The summed E-state index contributed by atoms with van der Waals surface area (Å²) in [7, 11) is 2.84. The first-order valence-corrected chi connectivity index (χ1v) is 5.63. The maximum absolute atomic E-state index is 11.8. The van der Waals surface area contributed by atoms with E-state index in [0.29, 0.717) is 0 Å². The van der Waals surface area contributed by atoms with Crippen molar-refractivity contribution in [3.05, 3.63) is 0 Å². The summed E-state index contributed by atoms with van der Waals surface area (Å²) >= 11 is 0. The van der Waals surface area contributed by atoms with Crippen LogP contribution < -0.4 is 0 Å². The summed E-state index contributed by atoms with van der Waals surface area (Å²) in [6, 6.07) is -0.630. The molecule has 0 heterocycles. The Labute approximate surface area is 103 Å². The average Bonchev–Trinajstić information content (AvgIpc) is 2.14. The van der Waals surface area contributed by atoms with E-state index in [2.05, 4.69) is 4.74 Å². The number of nitrogens with zero attached hydrogens (tertiary/aromatic N) is 1. The van der Waals surface area contributed by atoms with Crippen LogP contribution in [0.15, 0.2) is 0 Å². The van der Waals surface area contributed by atoms with Crippen molar-refractivity contribution in [2.75, 3.05) is 14.2 Å². The molecule has 0 N–H and O–H groups in total. The van der Waals surface area contributed by atoms with Gasteiger partial charge in [-0.3, -0.25) is 4.90 Å². The van der Waals surface area contributed by atoms with Crippen LogP contribution >= 0.6 is 0 Å². The first kappa shape index (κ1) is 15.7. The molecular weight excluding hydrogens is 222 g/mol. The molecule has 0 aliphatic carbocycles. The van der Waals surface area contributed by atoms with E-state index in [-0.39, 0.29) is 5.92 Å². The molecule has 0 rings (SSSR count). The number of esters is 1. The Kier molecular flexibility index (Phi) is 5.45. The molecule has 100 valence electrons. The standard InChI is InChI=1S/C12H23NO4/c1-8(2)9(10(14)16-7)13(6)11(15)17-12(3,4)5/h8-9H,1-7H3. The van der Waals surface area contributed by atoms with Crippen molar-refractivity contribution in [3.8, 4) is 0 Å². The van der Waals surface area contributed by atoms with E-state index in [0.717, 1.165) is 0 Å². The van der Waals surface area contributed by atoms with E-state index >= 15 is 0 Å². The van der Waals surface area contributed by atoms with Crippen molar-refractivity contribution in [3.63, 3.8) is 0 Å². The number of carbonyl (C=O) groups is 2. The van der Waals surface area contributed by atoms with Crippen molar-refractivity contribution in [2.24, 2.45) is 5.92 Å². The molecular formula is C12H23NO4. The lowest BCUT2D eigenvalue weighted by Gasteiger charge is -2.31. The summed E-state index contributed by atoms with van der Waals surface area (Å²) < 4.78 is 9.89. The second kappa shape index (κ2) is 5.89. The molecule has 0 bridgehead atoms. The maximum Gasteiger partial charge on any atom is 0.410 e. The Morgan fingerprint density at radius 2 is 1.65 bits per heavy atom. The van der Waals surface area contributed by atoms with Crippen LogP contribution in [0.3, 0.4) is 0 Å². The lowest BCUT2D eigenvalue weighted by molar-refractivity contribution is -0.148. The first-order chi connectivity index (χ1) is 7.60. The van der Waals surface area contributed by atoms with Crippen LogP contribution in [-0.2, 0) is 14.3 Å². The molecule has 0 aliphatic heterocycles. The SMILES string of the molecule is COC(=O)C(C(C)C)N(C)C(=O)OC(C)(C)C. The molecule has 0 aliphatic rings. The van der Waals surface area contributed by atoms with Gasteiger partial charge in [0.15, 0.2) is 0 Å². The fraction of sp³-hybridized carbons (Fsp3) is 0.833. The third kappa shape index (κ3) is 5.06. The van der Waals surface area contributed by atoms with Crippen LogP contribution in [0.4, 0.5) is 4.79 Å². The number of ether oxygens (including phenoxy) is 2. The Morgan fingerprint density at radius 3 is 1.94 bits per heavy atom. The van der Waals surface area contributed by atoms with Crippen LogP contribution in [0.2, 0.25) is 0 Å². The third-order valence-corrected chi connectivity index (χ3v) is 2.17. The normalized spacial score (nSPS) is 13.2. The van der Waals surface area contributed by atoms with Crippen LogP contribution in [0.5, 0.6) is 0 Å². The summed E-state index contributed by atoms with van der Waals surface area (Å²) in [6.07, 6.45) is -0.526. The van der Waals surface area contributed by atoms with Gasteiger partial charge in [0.25, 0.3) is 0 Å². The topological polar surface area (TPSA) is 55.8 Å². The van der Waals surface area contributed by atoms with Crippen LogP contribution in [0, 0.1) is 5.92 Å². The van der Waals surface area contributed by atoms with E-state index < -0.39 is 23.7 Å². The highest BCUT2D eigenvalue weighted by Gasteiger charge is 2.33. The number of hydrogen-bond donors (Lipinski definition) is 0. The molecule has 0 radical (unpaired) electrons. The van der Waals surface area contributed by atoms with E-state index in [9.17, 15) is 9.59 Å². The molecule has 1 atom stereocenters. The highest BCUT2D eigenvalue weighted by Crippen LogP contribution is 2.15. The summed E-state index contributed by atoms with van der Waals surface area (Å²) in [5.74, 6) is -0.478. The quantitative estimate of drug-likeness (QED) is 0.714. The molecule has 5 nitrogen and oxygen atoms in total. The molecule has 0 fully saturated rings. The van der Waals surface area contributed by atoms with Gasteiger partial charge in [-0.25, -0.2) is 9.59 Å². The Balaban J connectivity index is 4.79. The fourth-order valence-corrected chi connectivity index (χ4v) is 1.45. The number of likely N-dealkylation sites (N-methyl/N-ethyl adjacent to an activating group) is 1. The molecule has 0 saturated heterocycles. The first-order valence-electron chi connectivity index (χ1n) is 5.63. The van der Waals surface area contributed by atoms with Gasteiger partial charge in [0.05, 0.1) is 7.11 Å². The molecule has 0 saturated carbocycles. The van der Waals surface area contributed by atoms with Crippen molar-refractivity contribution < 1.29 is 19.1 Å². The summed E-state index contributed by atoms with van der Waals surface area (Å²) in [5.41, 5.74) is -0.580. The second-order valence-electron chi connectivity index (χ2n) is 5.30. The monoisotopic (exact) mass is 245 g/mol. The molecule has 0 spiro atoms. The fourth-order valence-electron chi connectivity index (χ4n) is 1.45. The van der Waals surface area contributed by atoms with Gasteiger partial charge in [-0.1, -0.05) is 13.8 Å². The minimum atomic E-state index is -0.630. The predicted octanol–water partition coefficient (Wildman–Crippen LogP) is 2.05. The number of hydrogen-bond acceptors (Lipinski definition) is 4. The third-order valence-electron chi connectivity index (χ3n) is 2.17. The maximum atomic E-state index is 11.8. The van der Waals surface area contributed by atoms with Crippen LogP contribution in [-0.4, -0.2) is 42.8 Å².